The van der Waals surface area contributed by atoms with Crippen molar-refractivity contribution in [1.29, 1.82) is 0 Å². The molecule has 192 valence electrons. The second-order valence-electron chi connectivity index (χ2n) is 9.05. The van der Waals surface area contributed by atoms with Gasteiger partial charge in [0.05, 0.1) is 23.4 Å². The minimum atomic E-state index is -4.03. The van der Waals surface area contributed by atoms with E-state index in [1.165, 1.54) is 10.4 Å². The Hall–Kier alpha value is -4.34. The highest BCUT2D eigenvalue weighted by atomic mass is 32.2. The summed E-state index contributed by atoms with van der Waals surface area (Å²) in [5, 5.41) is 8.31. The molecule has 0 saturated heterocycles. The van der Waals surface area contributed by atoms with Crippen molar-refractivity contribution in [2.24, 2.45) is 0 Å². The van der Waals surface area contributed by atoms with Gasteiger partial charge in [0.1, 0.15) is 10.7 Å². The van der Waals surface area contributed by atoms with Gasteiger partial charge >= 0.3 is 0 Å². The zero-order valence-electron chi connectivity index (χ0n) is 21.0. The molecule has 2 heterocycles. The Morgan fingerprint density at radius 2 is 1.61 bits per heavy atom. The predicted octanol–water partition coefficient (Wildman–Crippen LogP) is 5.13. The van der Waals surface area contributed by atoms with Crippen LogP contribution in [0.3, 0.4) is 0 Å². The van der Waals surface area contributed by atoms with Crippen molar-refractivity contribution in [2.75, 3.05) is 11.9 Å². The Kier molecular flexibility index (Phi) is 7.04. The molecule has 0 aliphatic carbocycles. The number of fused-ring (bicyclic) bond motifs is 1. The van der Waals surface area contributed by atoms with Gasteiger partial charge in [-0.3, -0.25) is 9.78 Å². The van der Waals surface area contributed by atoms with Crippen molar-refractivity contribution in [3.8, 4) is 16.9 Å². The fraction of sp³-hybridized carbons (Fsp3) is 0.138. The number of nitrogens with one attached hydrogen (secondary N) is 1. The first-order valence-corrected chi connectivity index (χ1v) is 13.6. The summed E-state index contributed by atoms with van der Waals surface area (Å²) in [5.41, 5.74) is 2.71. The van der Waals surface area contributed by atoms with Crippen molar-refractivity contribution in [3.63, 3.8) is 0 Å². The number of pyridine rings is 1. The Morgan fingerprint density at radius 1 is 0.921 bits per heavy atom. The summed E-state index contributed by atoms with van der Waals surface area (Å²) in [7, 11) is -4.03. The summed E-state index contributed by atoms with van der Waals surface area (Å²) in [4.78, 5) is 17.7. The van der Waals surface area contributed by atoms with Gasteiger partial charge in [-0.05, 0) is 38.1 Å². The number of amides is 1. The molecule has 0 unspecified atom stereocenters. The van der Waals surface area contributed by atoms with Crippen LogP contribution in [0.4, 0.5) is 5.82 Å². The zero-order chi connectivity index (χ0) is 26.7. The van der Waals surface area contributed by atoms with Gasteiger partial charge in [-0.2, -0.15) is 9.40 Å². The normalized spacial score (nSPS) is 11.8. The third kappa shape index (κ3) is 5.06. The molecule has 0 aliphatic rings. The number of anilines is 1. The van der Waals surface area contributed by atoms with Crippen molar-refractivity contribution >= 4 is 32.7 Å². The standard InChI is InChI=1S/C29H27N5O3S/c1-21(2)33(38(36,37)26-17-9-13-23-14-10-18-30-29(23)26)20-28(35)31-27-19-25(22-11-5-3-6-12-22)32-34(27)24-15-7-4-8-16-24/h3-19,21H,20H2,1-2H3,(H,31,35). The van der Waals surface area contributed by atoms with Crippen LogP contribution in [0, 0.1) is 0 Å². The van der Waals surface area contributed by atoms with Crippen LogP contribution in [0.25, 0.3) is 27.8 Å². The number of nitrogens with zero attached hydrogens (tertiary/aromatic N) is 4. The predicted molar refractivity (Wildman–Crippen MR) is 148 cm³/mol. The summed E-state index contributed by atoms with van der Waals surface area (Å²) in [5.74, 6) is -0.0415. The number of hydrogen-bond acceptors (Lipinski definition) is 5. The van der Waals surface area contributed by atoms with E-state index in [-0.39, 0.29) is 11.4 Å². The van der Waals surface area contributed by atoms with Crippen LogP contribution in [0.1, 0.15) is 13.8 Å². The van der Waals surface area contributed by atoms with Crippen molar-refractivity contribution in [1.82, 2.24) is 19.1 Å². The van der Waals surface area contributed by atoms with Gasteiger partial charge in [0.15, 0.2) is 0 Å². The summed E-state index contributed by atoms with van der Waals surface area (Å²) < 4.78 is 30.3. The second kappa shape index (κ2) is 10.6. The molecule has 0 radical (unpaired) electrons. The van der Waals surface area contributed by atoms with Gasteiger partial charge in [0.2, 0.25) is 15.9 Å². The lowest BCUT2D eigenvalue weighted by molar-refractivity contribution is -0.116. The Bertz CT molecular complexity index is 1680. The van der Waals surface area contributed by atoms with Crippen LogP contribution in [-0.2, 0) is 14.8 Å². The van der Waals surface area contributed by atoms with Crippen molar-refractivity contribution in [2.45, 2.75) is 24.8 Å². The molecule has 8 nitrogen and oxygen atoms in total. The minimum Gasteiger partial charge on any atom is -0.309 e. The first-order valence-electron chi connectivity index (χ1n) is 12.2. The number of benzene rings is 3. The molecular weight excluding hydrogens is 498 g/mol. The molecule has 2 aromatic heterocycles. The maximum atomic E-state index is 13.7. The summed E-state index contributed by atoms with van der Waals surface area (Å²) >= 11 is 0. The van der Waals surface area contributed by atoms with Gasteiger partial charge in [0, 0.05) is 29.3 Å². The van der Waals surface area contributed by atoms with E-state index in [1.807, 2.05) is 72.8 Å². The van der Waals surface area contributed by atoms with Crippen LogP contribution < -0.4 is 5.32 Å². The maximum Gasteiger partial charge on any atom is 0.245 e. The largest absolute Gasteiger partial charge is 0.309 e. The van der Waals surface area contributed by atoms with Crippen LogP contribution >= 0.6 is 0 Å². The molecule has 0 fully saturated rings. The first kappa shape index (κ1) is 25.3. The quantitative estimate of drug-likeness (QED) is 0.303. The van der Waals surface area contributed by atoms with Gasteiger partial charge in [-0.15, -0.1) is 0 Å². The van der Waals surface area contributed by atoms with E-state index in [0.717, 1.165) is 11.3 Å². The SMILES string of the molecule is CC(C)N(CC(=O)Nc1cc(-c2ccccc2)nn1-c1ccccc1)S(=O)(=O)c1cccc2cccnc12. The Morgan fingerprint density at radius 3 is 2.32 bits per heavy atom. The van der Waals surface area contributed by atoms with E-state index < -0.39 is 22.0 Å². The number of para-hydroxylation sites is 2. The smallest absolute Gasteiger partial charge is 0.245 e. The molecule has 3 aromatic carbocycles. The van der Waals surface area contributed by atoms with E-state index >= 15 is 0 Å². The number of carbonyl (C=O) groups is 1. The lowest BCUT2D eigenvalue weighted by Crippen LogP contribution is -2.42. The second-order valence-corrected chi connectivity index (χ2v) is 10.9. The number of carbonyl (C=O) groups excluding carboxylic acids is 1. The third-order valence-corrected chi connectivity index (χ3v) is 8.16. The highest BCUT2D eigenvalue weighted by molar-refractivity contribution is 7.89. The number of hydrogen-bond donors (Lipinski definition) is 1. The van der Waals surface area contributed by atoms with Crippen LogP contribution in [0.5, 0.6) is 0 Å². The topological polar surface area (TPSA) is 97.2 Å². The highest BCUT2D eigenvalue weighted by Crippen LogP contribution is 2.27. The first-order chi connectivity index (χ1) is 18.3. The lowest BCUT2D eigenvalue weighted by Gasteiger charge is -2.25. The van der Waals surface area contributed by atoms with Crippen molar-refractivity contribution in [3.05, 3.63) is 103 Å². The molecule has 5 rings (SSSR count). The number of rotatable bonds is 8. The van der Waals surface area contributed by atoms with Crippen LogP contribution in [-0.4, -0.2) is 46.0 Å². The molecule has 0 saturated carbocycles. The van der Waals surface area contributed by atoms with Crippen molar-refractivity contribution < 1.29 is 13.2 Å². The van der Waals surface area contributed by atoms with E-state index in [2.05, 4.69) is 10.3 Å². The van der Waals surface area contributed by atoms with E-state index in [4.69, 9.17) is 5.10 Å². The molecule has 0 spiro atoms. The molecule has 0 atom stereocenters. The van der Waals surface area contributed by atoms with Gasteiger partial charge < -0.3 is 5.32 Å². The van der Waals surface area contributed by atoms with E-state index in [1.54, 1.807) is 42.9 Å². The molecule has 1 N–H and O–H groups in total. The lowest BCUT2D eigenvalue weighted by atomic mass is 10.2. The van der Waals surface area contributed by atoms with E-state index in [9.17, 15) is 13.2 Å². The number of aromatic nitrogens is 3. The van der Waals surface area contributed by atoms with Crippen LogP contribution in [0.2, 0.25) is 0 Å². The molecule has 38 heavy (non-hydrogen) atoms. The molecule has 0 bridgehead atoms. The molecule has 0 aliphatic heterocycles. The third-order valence-electron chi connectivity index (χ3n) is 6.10. The highest BCUT2D eigenvalue weighted by Gasteiger charge is 2.31. The zero-order valence-corrected chi connectivity index (χ0v) is 21.8. The molecule has 1 amide bonds. The summed E-state index contributed by atoms with van der Waals surface area (Å²) in [6.45, 7) is 3.11. The monoisotopic (exact) mass is 525 g/mol. The fourth-order valence-electron chi connectivity index (χ4n) is 4.27. The van der Waals surface area contributed by atoms with E-state index in [0.29, 0.717) is 22.4 Å². The van der Waals surface area contributed by atoms with Gasteiger partial charge in [0.25, 0.3) is 0 Å². The maximum absolute atomic E-state index is 13.7. The van der Waals surface area contributed by atoms with Gasteiger partial charge in [-0.25, -0.2) is 13.1 Å². The molecular formula is C29H27N5O3S. The molecule has 5 aromatic rings. The fourth-order valence-corrected chi connectivity index (χ4v) is 6.03. The minimum absolute atomic E-state index is 0.0674. The average Bonchev–Trinajstić information content (AvgIpc) is 3.35. The van der Waals surface area contributed by atoms with Crippen LogP contribution in [0.15, 0.2) is 108 Å². The Balaban J connectivity index is 1.47. The summed E-state index contributed by atoms with van der Waals surface area (Å²) in [6, 6.07) is 29.0. The molecule has 9 heteroatoms. The number of sulfonamides is 1. The Labute approximate surface area is 221 Å². The average molecular weight is 526 g/mol. The van der Waals surface area contributed by atoms with Gasteiger partial charge in [-0.1, -0.05) is 66.7 Å². The summed E-state index contributed by atoms with van der Waals surface area (Å²) in [6.07, 6.45) is 1.56.